The van der Waals surface area contributed by atoms with Crippen LogP contribution in [-0.2, 0) is 0 Å². The van der Waals surface area contributed by atoms with Gasteiger partial charge in [0.25, 0.3) is 0 Å². The Kier molecular flexibility index (Phi) is 3.35. The van der Waals surface area contributed by atoms with Crippen LogP contribution in [0.4, 0.5) is 0 Å². The summed E-state index contributed by atoms with van der Waals surface area (Å²) in [5.41, 5.74) is 6.38. The first-order chi connectivity index (χ1) is 9.75. The molecule has 1 heterocycles. The lowest BCUT2D eigenvalue weighted by atomic mass is 10.0. The van der Waals surface area contributed by atoms with Crippen LogP contribution >= 0.6 is 11.8 Å². The first kappa shape index (κ1) is 12.6. The van der Waals surface area contributed by atoms with Crippen molar-refractivity contribution in [3.8, 4) is 0 Å². The number of amidine groups is 1. The molecule has 0 saturated heterocycles. The van der Waals surface area contributed by atoms with E-state index in [-0.39, 0.29) is 5.84 Å². The number of nitrogen functional groups attached to an aromatic ring is 1. The molecule has 98 valence electrons. The largest absolute Gasteiger partial charge is 0.384 e. The molecule has 3 aromatic rings. The predicted molar refractivity (Wildman–Crippen MR) is 81.1 cm³/mol. The summed E-state index contributed by atoms with van der Waals surface area (Å²) in [6.45, 7) is 0. The molecule has 0 radical (unpaired) electrons. The maximum absolute atomic E-state index is 7.66. The number of nitrogens with zero attached hydrogens (tertiary/aromatic N) is 2. The smallest absolute Gasteiger partial charge is 0.192 e. The number of nitrogens with two attached hydrogens (primary N) is 1. The molecule has 0 amide bonds. The summed E-state index contributed by atoms with van der Waals surface area (Å²) < 4.78 is 0. The normalized spacial score (nSPS) is 10.6. The van der Waals surface area contributed by atoms with Crippen molar-refractivity contribution in [2.24, 2.45) is 5.73 Å². The van der Waals surface area contributed by atoms with Gasteiger partial charge in [-0.25, -0.2) is 9.97 Å². The zero-order valence-corrected chi connectivity index (χ0v) is 11.4. The van der Waals surface area contributed by atoms with E-state index in [1.54, 1.807) is 18.5 Å². The van der Waals surface area contributed by atoms with Gasteiger partial charge >= 0.3 is 0 Å². The van der Waals surface area contributed by atoms with Crippen molar-refractivity contribution in [3.05, 3.63) is 60.4 Å². The Labute approximate surface area is 120 Å². The Balaban J connectivity index is 2.13. The van der Waals surface area contributed by atoms with E-state index in [2.05, 4.69) is 9.97 Å². The van der Waals surface area contributed by atoms with E-state index in [1.165, 1.54) is 11.8 Å². The van der Waals surface area contributed by atoms with E-state index in [1.807, 2.05) is 36.4 Å². The highest BCUT2D eigenvalue weighted by atomic mass is 32.2. The van der Waals surface area contributed by atoms with E-state index in [4.69, 9.17) is 11.1 Å². The van der Waals surface area contributed by atoms with Gasteiger partial charge in [-0.1, -0.05) is 24.3 Å². The van der Waals surface area contributed by atoms with Crippen molar-refractivity contribution >= 4 is 28.4 Å². The summed E-state index contributed by atoms with van der Waals surface area (Å²) in [6, 6.07) is 13.5. The highest BCUT2D eigenvalue weighted by Gasteiger charge is 2.09. The van der Waals surface area contributed by atoms with Gasteiger partial charge in [0.2, 0.25) is 0 Å². The molecule has 0 aliphatic carbocycles. The van der Waals surface area contributed by atoms with Crippen LogP contribution in [0.3, 0.4) is 0 Å². The average molecular weight is 280 g/mol. The quantitative estimate of drug-likeness (QED) is 0.439. The summed E-state index contributed by atoms with van der Waals surface area (Å²) in [7, 11) is 0. The van der Waals surface area contributed by atoms with Crippen molar-refractivity contribution in [3.63, 3.8) is 0 Å². The van der Waals surface area contributed by atoms with Gasteiger partial charge in [0.05, 0.1) is 0 Å². The summed E-state index contributed by atoms with van der Waals surface area (Å²) in [4.78, 5) is 9.50. The minimum Gasteiger partial charge on any atom is -0.384 e. The maximum atomic E-state index is 7.66. The molecule has 5 heteroatoms. The van der Waals surface area contributed by atoms with Gasteiger partial charge in [-0.15, -0.1) is 0 Å². The zero-order chi connectivity index (χ0) is 13.9. The molecule has 20 heavy (non-hydrogen) atoms. The predicted octanol–water partition coefficient (Wildman–Crippen LogP) is 3.07. The molecule has 0 atom stereocenters. The third-order valence-corrected chi connectivity index (χ3v) is 3.89. The number of nitrogens with one attached hydrogen (secondary N) is 1. The third-order valence-electron chi connectivity index (χ3n) is 2.92. The van der Waals surface area contributed by atoms with Crippen molar-refractivity contribution < 1.29 is 0 Å². The topological polar surface area (TPSA) is 75.7 Å². The lowest BCUT2D eigenvalue weighted by Gasteiger charge is -2.09. The molecule has 0 fully saturated rings. The van der Waals surface area contributed by atoms with Crippen LogP contribution in [0, 0.1) is 5.41 Å². The molecule has 3 N–H and O–H groups in total. The highest BCUT2D eigenvalue weighted by Crippen LogP contribution is 2.32. The van der Waals surface area contributed by atoms with Crippen LogP contribution in [0.2, 0.25) is 0 Å². The molecular formula is C15H12N4S. The number of hydrogen-bond donors (Lipinski definition) is 2. The highest BCUT2D eigenvalue weighted by molar-refractivity contribution is 7.99. The van der Waals surface area contributed by atoms with E-state index < -0.39 is 0 Å². The van der Waals surface area contributed by atoms with Gasteiger partial charge in [0.15, 0.2) is 5.16 Å². The molecule has 2 aromatic carbocycles. The average Bonchev–Trinajstić information content (AvgIpc) is 2.48. The molecule has 0 aliphatic heterocycles. The van der Waals surface area contributed by atoms with E-state index in [0.717, 1.165) is 21.2 Å². The van der Waals surface area contributed by atoms with Gasteiger partial charge < -0.3 is 5.73 Å². The van der Waals surface area contributed by atoms with E-state index in [9.17, 15) is 0 Å². The van der Waals surface area contributed by atoms with Gasteiger partial charge in [-0.2, -0.15) is 0 Å². The van der Waals surface area contributed by atoms with Crippen LogP contribution in [0.1, 0.15) is 5.56 Å². The second-order valence-electron chi connectivity index (χ2n) is 4.20. The number of benzene rings is 2. The fourth-order valence-electron chi connectivity index (χ4n) is 2.03. The van der Waals surface area contributed by atoms with Crippen molar-refractivity contribution in [1.29, 1.82) is 5.41 Å². The van der Waals surface area contributed by atoms with Gasteiger partial charge in [-0.3, -0.25) is 5.41 Å². The molecule has 0 aliphatic rings. The molecule has 3 rings (SSSR count). The summed E-state index contributed by atoms with van der Waals surface area (Å²) >= 11 is 1.50. The zero-order valence-electron chi connectivity index (χ0n) is 10.6. The Hall–Kier alpha value is -2.40. The number of fused-ring (bicyclic) bond motifs is 1. The molecule has 0 unspecified atom stereocenters. The van der Waals surface area contributed by atoms with E-state index >= 15 is 0 Å². The fourth-order valence-corrected chi connectivity index (χ4v) is 2.88. The monoisotopic (exact) mass is 280 g/mol. The van der Waals surface area contributed by atoms with Gasteiger partial charge in [0.1, 0.15) is 5.84 Å². The van der Waals surface area contributed by atoms with Gasteiger partial charge in [-0.05, 0) is 40.7 Å². The number of rotatable bonds is 3. The Bertz CT molecular complexity index is 771. The Morgan fingerprint density at radius 2 is 1.65 bits per heavy atom. The first-order valence-electron chi connectivity index (χ1n) is 6.07. The standard InChI is InChI=1S/C15H12N4S/c16-14(17)12-6-7-13(11-5-2-1-4-10(11)12)20-15-18-8-3-9-19-15/h1-9H,(H3,16,17). The van der Waals surface area contributed by atoms with Crippen LogP contribution in [0.5, 0.6) is 0 Å². The molecule has 0 bridgehead atoms. The Morgan fingerprint density at radius 1 is 0.950 bits per heavy atom. The van der Waals surface area contributed by atoms with Gasteiger partial charge in [0, 0.05) is 22.9 Å². The van der Waals surface area contributed by atoms with Crippen LogP contribution in [-0.4, -0.2) is 15.8 Å². The van der Waals surface area contributed by atoms with Crippen LogP contribution in [0.25, 0.3) is 10.8 Å². The number of hydrogen-bond acceptors (Lipinski definition) is 4. The summed E-state index contributed by atoms with van der Waals surface area (Å²) in [5, 5.41) is 10.4. The minimum atomic E-state index is 0.0775. The second-order valence-corrected chi connectivity index (χ2v) is 5.21. The van der Waals surface area contributed by atoms with Crippen LogP contribution in [0.15, 0.2) is 64.9 Å². The second kappa shape index (κ2) is 5.30. The minimum absolute atomic E-state index is 0.0775. The molecule has 1 aromatic heterocycles. The first-order valence-corrected chi connectivity index (χ1v) is 6.88. The van der Waals surface area contributed by atoms with Crippen molar-refractivity contribution in [2.75, 3.05) is 0 Å². The summed E-state index contributed by atoms with van der Waals surface area (Å²) in [5.74, 6) is 0.0775. The third kappa shape index (κ3) is 2.35. The molecular weight excluding hydrogens is 268 g/mol. The number of aromatic nitrogens is 2. The van der Waals surface area contributed by atoms with Crippen molar-refractivity contribution in [1.82, 2.24) is 9.97 Å². The fraction of sp³-hybridized carbons (Fsp3) is 0. The molecule has 0 spiro atoms. The van der Waals surface area contributed by atoms with Crippen LogP contribution < -0.4 is 5.73 Å². The summed E-state index contributed by atoms with van der Waals surface area (Å²) in [6.07, 6.45) is 3.45. The molecule has 0 saturated carbocycles. The lowest BCUT2D eigenvalue weighted by molar-refractivity contribution is 0.967. The van der Waals surface area contributed by atoms with E-state index in [0.29, 0.717) is 5.16 Å². The van der Waals surface area contributed by atoms with Crippen molar-refractivity contribution in [2.45, 2.75) is 10.1 Å². The lowest BCUT2D eigenvalue weighted by Crippen LogP contribution is -2.11. The SMILES string of the molecule is N=C(N)c1ccc(Sc2ncccn2)c2ccccc12. The molecule has 4 nitrogen and oxygen atoms in total. The Morgan fingerprint density at radius 3 is 2.35 bits per heavy atom. The maximum Gasteiger partial charge on any atom is 0.192 e.